The van der Waals surface area contributed by atoms with E-state index in [-0.39, 0.29) is 12.2 Å². The zero-order valence-electron chi connectivity index (χ0n) is 15.8. The minimum Gasteiger partial charge on any atom is -0.497 e. The van der Waals surface area contributed by atoms with Gasteiger partial charge in [-0.25, -0.2) is 4.79 Å². The molecule has 1 aliphatic heterocycles. The average molecular weight is 365 g/mol. The van der Waals surface area contributed by atoms with E-state index in [4.69, 9.17) is 9.47 Å². The van der Waals surface area contributed by atoms with Crippen LogP contribution in [0.1, 0.15) is 24.5 Å². The van der Waals surface area contributed by atoms with E-state index >= 15 is 0 Å². The Hall–Kier alpha value is -3.08. The van der Waals surface area contributed by atoms with Crippen molar-refractivity contribution < 1.29 is 19.1 Å². The third-order valence-corrected chi connectivity index (χ3v) is 4.95. The monoisotopic (exact) mass is 365 g/mol. The summed E-state index contributed by atoms with van der Waals surface area (Å²) in [6, 6.07) is 17.1. The Kier molecular flexibility index (Phi) is 5.31. The first-order chi connectivity index (χ1) is 13.0. The Balaban J connectivity index is 2.00. The normalized spacial score (nSPS) is 19.4. The van der Waals surface area contributed by atoms with Gasteiger partial charge >= 0.3 is 5.97 Å². The number of ether oxygens (including phenoxy) is 2. The number of Topliss-reactive ketones (excluding diaryl/α,β-unsaturated/α-hetero) is 1. The summed E-state index contributed by atoms with van der Waals surface area (Å²) in [5.41, 5.74) is 1.40. The topological polar surface area (TPSA) is 55.8 Å². The van der Waals surface area contributed by atoms with Gasteiger partial charge in [-0.3, -0.25) is 4.79 Å². The van der Waals surface area contributed by atoms with Gasteiger partial charge in [0.1, 0.15) is 11.3 Å². The average Bonchev–Trinajstić information content (AvgIpc) is 2.70. The second kappa shape index (κ2) is 7.66. The first-order valence-electron chi connectivity index (χ1n) is 8.76. The number of hydrogen-bond donors (Lipinski definition) is 0. The summed E-state index contributed by atoms with van der Waals surface area (Å²) in [5.74, 6) is 0.275. The van der Waals surface area contributed by atoms with Crippen LogP contribution in [0.4, 0.5) is 0 Å². The van der Waals surface area contributed by atoms with Crippen LogP contribution in [0.25, 0.3) is 5.57 Å². The fraction of sp³-hybridized carbons (Fsp3) is 0.273. The predicted octanol–water partition coefficient (Wildman–Crippen LogP) is 3.44. The molecule has 0 amide bonds. The lowest BCUT2D eigenvalue weighted by molar-refractivity contribution is -0.155. The van der Waals surface area contributed by atoms with Crippen LogP contribution in [0.3, 0.4) is 0 Å². The lowest BCUT2D eigenvalue weighted by Crippen LogP contribution is -2.53. The number of rotatable bonds is 5. The van der Waals surface area contributed by atoms with Crippen LogP contribution in [0.2, 0.25) is 0 Å². The maximum absolute atomic E-state index is 12.8. The van der Waals surface area contributed by atoms with Crippen LogP contribution >= 0.6 is 0 Å². The first-order valence-corrected chi connectivity index (χ1v) is 8.76. The van der Waals surface area contributed by atoms with E-state index in [1.165, 1.54) is 7.11 Å². The molecule has 5 heteroatoms. The van der Waals surface area contributed by atoms with Gasteiger partial charge in [-0.15, -0.1) is 0 Å². The molecule has 0 aliphatic carbocycles. The highest BCUT2D eigenvalue weighted by Gasteiger charge is 2.45. The molecule has 5 nitrogen and oxygen atoms in total. The quantitative estimate of drug-likeness (QED) is 0.760. The highest BCUT2D eigenvalue weighted by Crippen LogP contribution is 2.34. The van der Waals surface area contributed by atoms with Crippen molar-refractivity contribution in [3.05, 3.63) is 71.9 Å². The van der Waals surface area contributed by atoms with Crippen LogP contribution < -0.4 is 4.74 Å². The van der Waals surface area contributed by atoms with Crippen LogP contribution in [-0.4, -0.2) is 36.4 Å². The van der Waals surface area contributed by atoms with Gasteiger partial charge < -0.3 is 14.4 Å². The molecule has 2 aromatic rings. The zero-order chi connectivity index (χ0) is 19.4. The summed E-state index contributed by atoms with van der Waals surface area (Å²) >= 11 is 0. The molecule has 1 aliphatic rings. The van der Waals surface area contributed by atoms with E-state index in [1.807, 2.05) is 59.5 Å². The van der Waals surface area contributed by atoms with Gasteiger partial charge in [0.25, 0.3) is 0 Å². The van der Waals surface area contributed by atoms with Crippen molar-refractivity contribution >= 4 is 17.3 Å². The van der Waals surface area contributed by atoms with Gasteiger partial charge in [0, 0.05) is 24.7 Å². The number of allylic oxidation sites excluding steroid dienone is 1. The molecule has 27 heavy (non-hydrogen) atoms. The van der Waals surface area contributed by atoms with Gasteiger partial charge in [0.2, 0.25) is 0 Å². The van der Waals surface area contributed by atoms with Gasteiger partial charge in [-0.1, -0.05) is 42.5 Å². The number of methoxy groups -OCH3 is 2. The maximum atomic E-state index is 12.8. The molecule has 140 valence electrons. The molecule has 0 saturated heterocycles. The minimum absolute atomic E-state index is 0.0660. The minimum atomic E-state index is -1.05. The fourth-order valence-corrected chi connectivity index (χ4v) is 3.29. The fourth-order valence-electron chi connectivity index (χ4n) is 3.29. The van der Waals surface area contributed by atoms with Crippen molar-refractivity contribution in [1.29, 1.82) is 0 Å². The van der Waals surface area contributed by atoms with Crippen molar-refractivity contribution in [2.24, 2.45) is 0 Å². The van der Waals surface area contributed by atoms with Crippen molar-refractivity contribution in [3.8, 4) is 5.75 Å². The third-order valence-electron chi connectivity index (χ3n) is 4.95. The van der Waals surface area contributed by atoms with E-state index < -0.39 is 11.5 Å². The van der Waals surface area contributed by atoms with Crippen molar-refractivity contribution in [2.45, 2.75) is 25.4 Å². The van der Waals surface area contributed by atoms with Crippen LogP contribution in [0, 0.1) is 0 Å². The summed E-state index contributed by atoms with van der Waals surface area (Å²) in [6.45, 7) is 2.22. The molecule has 0 N–H and O–H groups in total. The number of benzene rings is 2. The lowest BCUT2D eigenvalue weighted by atomic mass is 9.84. The second-order valence-corrected chi connectivity index (χ2v) is 6.75. The van der Waals surface area contributed by atoms with Crippen LogP contribution in [0.5, 0.6) is 5.75 Å². The Labute approximate surface area is 159 Å². The number of carbonyl (C=O) groups is 2. The second-order valence-electron chi connectivity index (χ2n) is 6.75. The Morgan fingerprint density at radius 2 is 1.74 bits per heavy atom. The number of esters is 1. The molecule has 3 rings (SSSR count). The van der Waals surface area contributed by atoms with Crippen LogP contribution in [0.15, 0.2) is 60.8 Å². The summed E-state index contributed by atoms with van der Waals surface area (Å²) < 4.78 is 10.2. The highest BCUT2D eigenvalue weighted by atomic mass is 16.5. The highest BCUT2D eigenvalue weighted by molar-refractivity contribution is 6.22. The summed E-state index contributed by atoms with van der Waals surface area (Å²) in [6.07, 6.45) is 1.85. The van der Waals surface area contributed by atoms with Gasteiger partial charge in [-0.05, 0) is 30.2 Å². The van der Waals surface area contributed by atoms with Gasteiger partial charge in [0.15, 0.2) is 5.78 Å². The van der Waals surface area contributed by atoms with Crippen molar-refractivity contribution in [1.82, 2.24) is 4.90 Å². The van der Waals surface area contributed by atoms with Gasteiger partial charge in [-0.2, -0.15) is 0 Å². The first kappa shape index (κ1) is 18.7. The molecule has 0 bridgehead atoms. The van der Waals surface area contributed by atoms with E-state index in [1.54, 1.807) is 20.2 Å². The summed E-state index contributed by atoms with van der Waals surface area (Å²) in [4.78, 5) is 27.2. The van der Waals surface area contributed by atoms with E-state index in [0.29, 0.717) is 12.1 Å². The number of hydrogen-bond acceptors (Lipinski definition) is 5. The van der Waals surface area contributed by atoms with E-state index in [0.717, 1.165) is 16.9 Å². The van der Waals surface area contributed by atoms with Crippen LogP contribution in [-0.2, 0) is 20.9 Å². The van der Waals surface area contributed by atoms with E-state index in [9.17, 15) is 9.59 Å². The molecule has 0 saturated carbocycles. The molecule has 0 radical (unpaired) electrons. The molecular weight excluding hydrogens is 342 g/mol. The molecule has 2 aromatic carbocycles. The van der Waals surface area contributed by atoms with E-state index in [2.05, 4.69) is 0 Å². The molecule has 1 unspecified atom stereocenters. The summed E-state index contributed by atoms with van der Waals surface area (Å²) in [5, 5.41) is 0. The van der Waals surface area contributed by atoms with Crippen molar-refractivity contribution in [2.75, 3.05) is 14.2 Å². The Morgan fingerprint density at radius 1 is 1.07 bits per heavy atom. The van der Waals surface area contributed by atoms with Gasteiger partial charge in [0.05, 0.1) is 14.2 Å². The third kappa shape index (κ3) is 3.72. The maximum Gasteiger partial charge on any atom is 0.331 e. The molecule has 0 spiro atoms. The Bertz CT molecular complexity index is 858. The number of ketones is 1. The molecular formula is C22H23NO4. The number of nitrogens with zero attached hydrogens (tertiary/aromatic N) is 1. The molecule has 0 aromatic heterocycles. The molecule has 1 heterocycles. The SMILES string of the molecule is COC(=O)C1(C)CC(=O)C(c2ccccc2)=CN1Cc1ccc(OC)cc1. The Morgan fingerprint density at radius 3 is 2.33 bits per heavy atom. The predicted molar refractivity (Wildman–Crippen MR) is 103 cm³/mol. The molecule has 0 fully saturated rings. The smallest absolute Gasteiger partial charge is 0.331 e. The lowest BCUT2D eigenvalue weighted by Gasteiger charge is -2.41. The number of carbonyl (C=O) groups excluding carboxylic acids is 2. The zero-order valence-corrected chi connectivity index (χ0v) is 15.8. The van der Waals surface area contributed by atoms with Crippen molar-refractivity contribution in [3.63, 3.8) is 0 Å². The largest absolute Gasteiger partial charge is 0.497 e. The molecule has 1 atom stereocenters. The summed E-state index contributed by atoms with van der Waals surface area (Å²) in [7, 11) is 2.97. The standard InChI is InChI=1S/C22H23NO4/c1-22(21(25)27-3)13-20(24)19(17-7-5-4-6-8-17)15-23(22)14-16-9-11-18(26-2)12-10-16/h4-12,15H,13-14H2,1-3H3.